The van der Waals surface area contributed by atoms with Gasteiger partial charge in [-0.05, 0) is 73.2 Å². The van der Waals surface area contributed by atoms with Crippen LogP contribution in [0, 0.1) is 6.92 Å². The van der Waals surface area contributed by atoms with Crippen molar-refractivity contribution in [3.8, 4) is 11.1 Å². The molecule has 1 fully saturated rings. The van der Waals surface area contributed by atoms with Gasteiger partial charge < -0.3 is 9.84 Å². The Morgan fingerprint density at radius 2 is 1.70 bits per heavy atom. The van der Waals surface area contributed by atoms with E-state index in [4.69, 9.17) is 4.74 Å². The molecule has 2 unspecified atom stereocenters. The molecule has 0 amide bonds. The predicted octanol–water partition coefficient (Wildman–Crippen LogP) is 5.46. The van der Waals surface area contributed by atoms with Gasteiger partial charge in [-0.25, -0.2) is 0 Å². The molecule has 4 rings (SSSR count). The Morgan fingerprint density at radius 3 is 2.30 bits per heavy atom. The van der Waals surface area contributed by atoms with E-state index in [0.717, 1.165) is 41.3 Å². The van der Waals surface area contributed by atoms with Gasteiger partial charge in [0.25, 0.3) is 0 Å². The summed E-state index contributed by atoms with van der Waals surface area (Å²) in [5.41, 5.74) is 1.72. The van der Waals surface area contributed by atoms with Crippen molar-refractivity contribution in [3.63, 3.8) is 0 Å². The van der Waals surface area contributed by atoms with E-state index in [1.807, 2.05) is 45.0 Å². The Kier molecular flexibility index (Phi) is 8.97. The zero-order valence-electron chi connectivity index (χ0n) is 23.3. The summed E-state index contributed by atoms with van der Waals surface area (Å²) >= 11 is 0. The van der Waals surface area contributed by atoms with E-state index in [2.05, 4.69) is 20.9 Å². The number of piperazine rings is 1. The molecular weight excluding hydrogens is 519 g/mol. The van der Waals surface area contributed by atoms with E-state index < -0.39 is 17.8 Å². The molecule has 40 heavy (non-hydrogen) atoms. The number of rotatable bonds is 8. The number of esters is 1. The number of pyridine rings is 1. The van der Waals surface area contributed by atoms with Crippen LogP contribution in [0.5, 0.6) is 0 Å². The van der Waals surface area contributed by atoms with Crippen molar-refractivity contribution in [1.29, 1.82) is 0 Å². The molecule has 1 aliphatic heterocycles. The Balaban J connectivity index is 1.46. The third-order valence-electron chi connectivity index (χ3n) is 7.34. The number of aryl methyl sites for hydroxylation is 1. The van der Waals surface area contributed by atoms with E-state index in [-0.39, 0.29) is 17.6 Å². The fraction of sp³-hybridized carbons (Fsp3) is 0.419. The van der Waals surface area contributed by atoms with Crippen LogP contribution in [0.2, 0.25) is 0 Å². The highest BCUT2D eigenvalue weighted by Crippen LogP contribution is 2.39. The van der Waals surface area contributed by atoms with Gasteiger partial charge in [-0.15, -0.1) is 0 Å². The van der Waals surface area contributed by atoms with E-state index in [9.17, 15) is 23.1 Å². The summed E-state index contributed by atoms with van der Waals surface area (Å²) in [6, 6.07) is 15.4. The van der Waals surface area contributed by atoms with Crippen LogP contribution in [0.4, 0.5) is 13.2 Å². The van der Waals surface area contributed by atoms with Gasteiger partial charge in [0.2, 0.25) is 0 Å². The third kappa shape index (κ3) is 6.89. The van der Waals surface area contributed by atoms with Crippen molar-refractivity contribution >= 4 is 5.97 Å². The largest absolute Gasteiger partial charge is 0.462 e. The first-order valence-electron chi connectivity index (χ1n) is 13.4. The van der Waals surface area contributed by atoms with E-state index in [0.29, 0.717) is 26.2 Å². The maximum absolute atomic E-state index is 13.2. The van der Waals surface area contributed by atoms with Gasteiger partial charge in [-0.2, -0.15) is 13.2 Å². The first-order valence-corrected chi connectivity index (χ1v) is 13.4. The highest BCUT2D eigenvalue weighted by Gasteiger charge is 2.51. The van der Waals surface area contributed by atoms with Crippen molar-refractivity contribution < 1.29 is 27.8 Å². The lowest BCUT2D eigenvalue weighted by Crippen LogP contribution is -2.56. The number of nitrogens with zero attached hydrogens (tertiary/aromatic N) is 3. The van der Waals surface area contributed by atoms with Gasteiger partial charge in [0.1, 0.15) is 6.04 Å². The lowest BCUT2D eigenvalue weighted by atomic mass is 9.92. The zero-order chi connectivity index (χ0) is 29.1. The van der Waals surface area contributed by atoms with E-state index in [1.54, 1.807) is 24.5 Å². The summed E-state index contributed by atoms with van der Waals surface area (Å²) in [5.74, 6) is -0.228. The Morgan fingerprint density at radius 1 is 1.02 bits per heavy atom. The van der Waals surface area contributed by atoms with Crippen LogP contribution in [0.25, 0.3) is 11.1 Å². The quantitative estimate of drug-likeness (QED) is 0.372. The highest BCUT2D eigenvalue weighted by atomic mass is 19.4. The number of aromatic nitrogens is 1. The lowest BCUT2D eigenvalue weighted by molar-refractivity contribution is -0.258. The van der Waals surface area contributed by atoms with Crippen molar-refractivity contribution in [2.24, 2.45) is 0 Å². The average Bonchev–Trinajstić information content (AvgIpc) is 2.89. The molecule has 0 spiro atoms. The molecule has 1 aromatic heterocycles. The first kappa shape index (κ1) is 29.7. The van der Waals surface area contributed by atoms with E-state index >= 15 is 0 Å². The summed E-state index contributed by atoms with van der Waals surface area (Å²) in [6.07, 6.45) is -1.46. The average molecular weight is 556 g/mol. The number of ether oxygens (including phenoxy) is 1. The summed E-state index contributed by atoms with van der Waals surface area (Å²) in [7, 11) is 0. The number of alkyl halides is 3. The summed E-state index contributed by atoms with van der Waals surface area (Å²) < 4.78 is 45.2. The molecule has 0 saturated carbocycles. The monoisotopic (exact) mass is 555 g/mol. The molecule has 1 N–H and O–H groups in total. The second kappa shape index (κ2) is 12.1. The normalized spacial score (nSPS) is 18.5. The third-order valence-corrected chi connectivity index (χ3v) is 7.34. The maximum atomic E-state index is 13.2. The summed E-state index contributed by atoms with van der Waals surface area (Å²) in [6.45, 7) is 9.76. The molecule has 214 valence electrons. The molecule has 2 aromatic carbocycles. The Bertz CT molecular complexity index is 1290. The number of hydrogen-bond donors (Lipinski definition) is 1. The van der Waals surface area contributed by atoms with Crippen LogP contribution in [-0.4, -0.2) is 63.8 Å². The number of aliphatic hydroxyl groups is 1. The molecule has 2 heterocycles. The molecule has 0 aliphatic carbocycles. The molecule has 9 heteroatoms. The van der Waals surface area contributed by atoms with Crippen LogP contribution in [0.1, 0.15) is 43.0 Å². The van der Waals surface area contributed by atoms with Crippen molar-refractivity contribution in [2.45, 2.75) is 64.7 Å². The second-order valence-electron chi connectivity index (χ2n) is 10.9. The number of carbonyl (C=O) groups is 1. The molecule has 0 radical (unpaired) electrons. The minimum atomic E-state index is -4.76. The van der Waals surface area contributed by atoms with Gasteiger partial charge in [0.15, 0.2) is 5.60 Å². The second-order valence-corrected chi connectivity index (χ2v) is 10.9. The highest BCUT2D eigenvalue weighted by molar-refractivity contribution is 5.76. The molecule has 2 atom stereocenters. The van der Waals surface area contributed by atoms with Crippen LogP contribution < -0.4 is 0 Å². The van der Waals surface area contributed by atoms with Crippen molar-refractivity contribution in [3.05, 3.63) is 89.2 Å². The van der Waals surface area contributed by atoms with Crippen molar-refractivity contribution in [2.75, 3.05) is 19.6 Å². The number of halogens is 3. The Hall–Kier alpha value is -3.27. The summed E-state index contributed by atoms with van der Waals surface area (Å²) in [5, 5.41) is 9.95. The number of carbonyl (C=O) groups excluding carboxylic acids is 1. The van der Waals surface area contributed by atoms with Crippen LogP contribution in [0.15, 0.2) is 67.0 Å². The molecule has 3 aromatic rings. The van der Waals surface area contributed by atoms with E-state index in [1.165, 1.54) is 12.1 Å². The SMILES string of the molecule is Cc1cc(CN2CCN(Cc3ccncc3)C(C(=O)OC(C)C)C2)ccc1-c1ccc(C(C)(O)C(F)(F)F)cc1. The van der Waals surface area contributed by atoms with Gasteiger partial charge in [0.05, 0.1) is 6.10 Å². The van der Waals surface area contributed by atoms with Crippen molar-refractivity contribution in [1.82, 2.24) is 14.8 Å². The summed E-state index contributed by atoms with van der Waals surface area (Å²) in [4.78, 5) is 21.5. The van der Waals surface area contributed by atoms with Gasteiger partial charge in [0, 0.05) is 45.1 Å². The molecule has 0 bridgehead atoms. The van der Waals surface area contributed by atoms with Crippen LogP contribution in [0.3, 0.4) is 0 Å². The fourth-order valence-corrected chi connectivity index (χ4v) is 5.01. The molecule has 1 aliphatic rings. The van der Waals surface area contributed by atoms with Gasteiger partial charge in [-0.1, -0.05) is 42.5 Å². The first-order chi connectivity index (χ1) is 18.8. The minimum absolute atomic E-state index is 0.200. The van der Waals surface area contributed by atoms with Gasteiger partial charge >= 0.3 is 12.1 Å². The minimum Gasteiger partial charge on any atom is -0.462 e. The molecule has 6 nitrogen and oxygen atoms in total. The standard InChI is InChI=1S/C31H36F3N3O3/c1-21(2)40-29(38)28-20-36(15-16-37(28)19-23-11-13-35-14-12-23)18-24-5-10-27(22(3)17-24)25-6-8-26(9-7-25)30(4,39)31(32,33)34/h5-14,17,21,28,39H,15-16,18-20H2,1-4H3. The topological polar surface area (TPSA) is 65.9 Å². The predicted molar refractivity (Wildman–Crippen MR) is 147 cm³/mol. The van der Waals surface area contributed by atoms with Gasteiger partial charge in [-0.3, -0.25) is 19.6 Å². The lowest BCUT2D eigenvalue weighted by Gasteiger charge is -2.40. The maximum Gasteiger partial charge on any atom is 0.421 e. The van der Waals surface area contributed by atoms with Crippen LogP contribution >= 0.6 is 0 Å². The zero-order valence-corrected chi connectivity index (χ0v) is 23.3. The molecular formula is C31H36F3N3O3. The number of hydrogen-bond acceptors (Lipinski definition) is 6. The Labute approximate surface area is 233 Å². The molecule has 1 saturated heterocycles. The number of benzene rings is 2. The smallest absolute Gasteiger partial charge is 0.421 e. The fourth-order valence-electron chi connectivity index (χ4n) is 5.01. The van der Waals surface area contributed by atoms with Crippen LogP contribution in [-0.2, 0) is 28.2 Å².